The molecule has 208 valence electrons. The molecule has 0 fully saturated rings. The molecule has 1 N–H and O–H groups in total. The van der Waals surface area contributed by atoms with Crippen molar-refractivity contribution in [2.75, 3.05) is 30.5 Å². The Kier molecular flexibility index (Phi) is 10.5. The lowest BCUT2D eigenvalue weighted by Gasteiger charge is -2.32. The van der Waals surface area contributed by atoms with Gasteiger partial charge in [0.05, 0.1) is 17.2 Å². The Morgan fingerprint density at radius 1 is 0.923 bits per heavy atom. The van der Waals surface area contributed by atoms with Crippen LogP contribution in [-0.2, 0) is 26.0 Å². The summed E-state index contributed by atoms with van der Waals surface area (Å²) in [5.74, 6) is -0.454. The summed E-state index contributed by atoms with van der Waals surface area (Å²) in [5.41, 5.74) is 2.17. The second-order valence-corrected chi connectivity index (χ2v) is 11.0. The Labute approximate surface area is 231 Å². The van der Waals surface area contributed by atoms with Crippen molar-refractivity contribution < 1.29 is 22.7 Å². The average molecular weight is 552 g/mol. The fraction of sp³-hybridized carbons (Fsp3) is 0.333. The van der Waals surface area contributed by atoms with Gasteiger partial charge in [0.25, 0.3) is 10.0 Å². The van der Waals surface area contributed by atoms with E-state index < -0.39 is 28.5 Å². The van der Waals surface area contributed by atoms with Crippen LogP contribution < -0.4 is 14.4 Å². The molecule has 0 heterocycles. The molecule has 0 aromatic heterocycles. The minimum Gasteiger partial charge on any atom is -0.492 e. The summed E-state index contributed by atoms with van der Waals surface area (Å²) in [5, 5.41) is 2.77. The monoisotopic (exact) mass is 551 g/mol. The number of ether oxygens (including phenoxy) is 1. The van der Waals surface area contributed by atoms with Crippen LogP contribution in [0.5, 0.6) is 5.75 Å². The number of benzene rings is 3. The molecule has 0 saturated carbocycles. The van der Waals surface area contributed by atoms with Crippen LogP contribution in [0.1, 0.15) is 31.9 Å². The minimum atomic E-state index is -4.16. The van der Waals surface area contributed by atoms with Gasteiger partial charge in [0.1, 0.15) is 18.3 Å². The molecule has 0 bridgehead atoms. The van der Waals surface area contributed by atoms with Crippen LogP contribution in [0, 0.1) is 6.92 Å². The maximum Gasteiger partial charge on any atom is 0.264 e. The van der Waals surface area contributed by atoms with E-state index in [0.717, 1.165) is 15.4 Å². The predicted molar refractivity (Wildman–Crippen MR) is 153 cm³/mol. The smallest absolute Gasteiger partial charge is 0.264 e. The SMILES string of the molecule is CCNC(=O)C(C)N(CCc1ccccc1)C(=O)CN(c1ccccc1OCC)S(=O)(=O)c1ccc(C)cc1. The predicted octanol–water partition coefficient (Wildman–Crippen LogP) is 4.18. The molecule has 0 aliphatic rings. The normalized spacial score (nSPS) is 11.9. The number of sulfonamides is 1. The lowest BCUT2D eigenvalue weighted by molar-refractivity contribution is -0.138. The fourth-order valence-electron chi connectivity index (χ4n) is 4.18. The summed E-state index contributed by atoms with van der Waals surface area (Å²) < 4.78 is 34.7. The first kappa shape index (κ1) is 29.7. The van der Waals surface area contributed by atoms with Crippen LogP contribution in [0.3, 0.4) is 0 Å². The highest BCUT2D eigenvalue weighted by atomic mass is 32.2. The van der Waals surface area contributed by atoms with Crippen molar-refractivity contribution in [3.8, 4) is 5.75 Å². The molecule has 0 aliphatic heterocycles. The van der Waals surface area contributed by atoms with Gasteiger partial charge in [-0.25, -0.2) is 8.42 Å². The van der Waals surface area contributed by atoms with Crippen molar-refractivity contribution in [3.63, 3.8) is 0 Å². The summed E-state index contributed by atoms with van der Waals surface area (Å²) in [7, 11) is -4.16. The van der Waals surface area contributed by atoms with Gasteiger partial charge in [0.2, 0.25) is 11.8 Å². The second kappa shape index (κ2) is 13.8. The summed E-state index contributed by atoms with van der Waals surface area (Å²) >= 11 is 0. The van der Waals surface area contributed by atoms with Crippen LogP contribution in [0.15, 0.2) is 83.8 Å². The molecule has 39 heavy (non-hydrogen) atoms. The summed E-state index contributed by atoms with van der Waals surface area (Å²) in [6, 6.07) is 22.0. The largest absolute Gasteiger partial charge is 0.492 e. The molecule has 3 aromatic carbocycles. The van der Waals surface area contributed by atoms with Crippen molar-refractivity contribution in [1.82, 2.24) is 10.2 Å². The summed E-state index contributed by atoms with van der Waals surface area (Å²) in [4.78, 5) is 28.2. The Morgan fingerprint density at radius 3 is 2.21 bits per heavy atom. The number of nitrogens with one attached hydrogen (secondary N) is 1. The molecule has 1 atom stereocenters. The van der Waals surface area contributed by atoms with Gasteiger partial charge in [-0.2, -0.15) is 0 Å². The lowest BCUT2D eigenvalue weighted by Crippen LogP contribution is -2.52. The van der Waals surface area contributed by atoms with Crippen molar-refractivity contribution >= 4 is 27.5 Å². The molecular formula is C30H37N3O5S. The van der Waals surface area contributed by atoms with Crippen molar-refractivity contribution in [3.05, 3.63) is 90.0 Å². The lowest BCUT2D eigenvalue weighted by atomic mass is 10.1. The molecule has 0 aliphatic carbocycles. The number of amides is 2. The molecule has 1 unspecified atom stereocenters. The Hall–Kier alpha value is -3.85. The number of hydrogen-bond acceptors (Lipinski definition) is 5. The zero-order valence-corrected chi connectivity index (χ0v) is 23.8. The second-order valence-electron chi connectivity index (χ2n) is 9.12. The van der Waals surface area contributed by atoms with Crippen LogP contribution in [-0.4, -0.2) is 57.4 Å². The number of para-hydroxylation sites is 2. The molecule has 2 amide bonds. The standard InChI is InChI=1S/C30H37N3O5S/c1-5-31-30(35)24(4)32(21-20-25-12-8-7-9-13-25)29(34)22-33(27-14-10-11-15-28(27)38-6-2)39(36,37)26-18-16-23(3)17-19-26/h7-19,24H,5-6,20-22H2,1-4H3,(H,31,35). The number of carbonyl (C=O) groups excluding carboxylic acids is 2. The molecule has 9 heteroatoms. The first-order valence-electron chi connectivity index (χ1n) is 13.1. The minimum absolute atomic E-state index is 0.0554. The first-order chi connectivity index (χ1) is 18.7. The number of likely N-dealkylation sites (N-methyl/N-ethyl adjacent to an activating group) is 1. The highest BCUT2D eigenvalue weighted by molar-refractivity contribution is 7.92. The van der Waals surface area contributed by atoms with E-state index in [1.165, 1.54) is 17.0 Å². The topological polar surface area (TPSA) is 96.0 Å². The third kappa shape index (κ3) is 7.60. The van der Waals surface area contributed by atoms with Gasteiger partial charge < -0.3 is 15.0 Å². The Morgan fingerprint density at radius 2 is 1.56 bits per heavy atom. The van der Waals surface area contributed by atoms with E-state index in [4.69, 9.17) is 4.74 Å². The third-order valence-electron chi connectivity index (χ3n) is 6.32. The van der Waals surface area contributed by atoms with Gasteiger partial charge in [-0.3, -0.25) is 13.9 Å². The van der Waals surface area contributed by atoms with Gasteiger partial charge in [0.15, 0.2) is 0 Å². The Balaban J connectivity index is 2.02. The van der Waals surface area contributed by atoms with E-state index in [-0.39, 0.29) is 23.0 Å². The number of nitrogens with zero attached hydrogens (tertiary/aromatic N) is 2. The van der Waals surface area contributed by atoms with Gasteiger partial charge >= 0.3 is 0 Å². The van der Waals surface area contributed by atoms with Crippen LogP contribution >= 0.6 is 0 Å². The van der Waals surface area contributed by atoms with E-state index in [1.54, 1.807) is 57.2 Å². The van der Waals surface area contributed by atoms with E-state index in [0.29, 0.717) is 25.3 Å². The maximum absolute atomic E-state index is 14.0. The highest BCUT2D eigenvalue weighted by Gasteiger charge is 2.33. The van der Waals surface area contributed by atoms with Crippen molar-refractivity contribution in [1.29, 1.82) is 0 Å². The Bertz CT molecular complexity index is 1340. The van der Waals surface area contributed by atoms with Gasteiger partial charge in [-0.05, 0) is 63.9 Å². The van der Waals surface area contributed by atoms with Crippen molar-refractivity contribution in [2.45, 2.75) is 45.1 Å². The molecule has 0 saturated heterocycles. The van der Waals surface area contributed by atoms with Gasteiger partial charge in [-0.15, -0.1) is 0 Å². The number of aryl methyl sites for hydroxylation is 1. The van der Waals surface area contributed by atoms with E-state index in [2.05, 4.69) is 5.32 Å². The highest BCUT2D eigenvalue weighted by Crippen LogP contribution is 2.33. The quantitative estimate of drug-likeness (QED) is 0.344. The van der Waals surface area contributed by atoms with Crippen LogP contribution in [0.4, 0.5) is 5.69 Å². The molecule has 8 nitrogen and oxygen atoms in total. The van der Waals surface area contributed by atoms with E-state index in [9.17, 15) is 18.0 Å². The summed E-state index contributed by atoms with van der Waals surface area (Å²) in [6.07, 6.45) is 0.510. The zero-order chi connectivity index (χ0) is 28.4. The van der Waals surface area contributed by atoms with Crippen molar-refractivity contribution in [2.24, 2.45) is 0 Å². The molecule has 0 radical (unpaired) electrons. The van der Waals surface area contributed by atoms with E-state index >= 15 is 0 Å². The van der Waals surface area contributed by atoms with Crippen LogP contribution in [0.25, 0.3) is 0 Å². The average Bonchev–Trinajstić information content (AvgIpc) is 2.93. The van der Waals surface area contributed by atoms with Gasteiger partial charge in [-0.1, -0.05) is 60.2 Å². The van der Waals surface area contributed by atoms with Gasteiger partial charge in [0, 0.05) is 13.1 Å². The fourth-order valence-corrected chi connectivity index (χ4v) is 5.61. The summed E-state index contributed by atoms with van der Waals surface area (Å²) in [6.45, 7) is 7.61. The van der Waals surface area contributed by atoms with Crippen LogP contribution in [0.2, 0.25) is 0 Å². The third-order valence-corrected chi connectivity index (χ3v) is 8.10. The number of hydrogen-bond donors (Lipinski definition) is 1. The first-order valence-corrected chi connectivity index (χ1v) is 14.5. The van der Waals surface area contributed by atoms with E-state index in [1.807, 2.05) is 37.3 Å². The molecule has 3 rings (SSSR count). The molecular weight excluding hydrogens is 514 g/mol. The number of anilines is 1. The zero-order valence-electron chi connectivity index (χ0n) is 23.0. The number of carbonyl (C=O) groups is 2. The maximum atomic E-state index is 14.0. The molecule has 0 spiro atoms. The molecule has 3 aromatic rings. The number of rotatable bonds is 13.